The molecular weight excluding hydrogens is 262 g/mol. The van der Waals surface area contributed by atoms with Crippen molar-refractivity contribution < 1.29 is 24.5 Å². The van der Waals surface area contributed by atoms with Gasteiger partial charge in [0.25, 0.3) is 5.91 Å². The Morgan fingerprint density at radius 2 is 2.00 bits per heavy atom. The van der Waals surface area contributed by atoms with E-state index in [1.807, 2.05) is 6.92 Å². The van der Waals surface area contributed by atoms with E-state index >= 15 is 0 Å². The van der Waals surface area contributed by atoms with E-state index in [-0.39, 0.29) is 13.0 Å². The number of hydrogen-bond donors (Lipinski definition) is 2. The number of carboxylic acids is 1. The monoisotopic (exact) mass is 279 g/mol. The SMILES string of the molecule is CCOc1ccc(C(=O)N2C[C@H](O)C[C@H]2C(=O)O)cc1. The summed E-state index contributed by atoms with van der Waals surface area (Å²) in [7, 11) is 0. The molecule has 1 fully saturated rings. The van der Waals surface area contributed by atoms with Crippen LogP contribution in [0.4, 0.5) is 0 Å². The number of hydrogen-bond acceptors (Lipinski definition) is 4. The minimum Gasteiger partial charge on any atom is -0.494 e. The van der Waals surface area contributed by atoms with Crippen molar-refractivity contribution in [2.75, 3.05) is 13.2 Å². The van der Waals surface area contributed by atoms with E-state index in [0.29, 0.717) is 17.9 Å². The fraction of sp³-hybridized carbons (Fsp3) is 0.429. The molecule has 1 aliphatic heterocycles. The number of ether oxygens (including phenoxy) is 1. The molecule has 0 aliphatic carbocycles. The van der Waals surface area contributed by atoms with Crippen LogP contribution >= 0.6 is 0 Å². The number of benzene rings is 1. The van der Waals surface area contributed by atoms with Crippen LogP contribution in [-0.4, -0.2) is 52.3 Å². The highest BCUT2D eigenvalue weighted by molar-refractivity contribution is 5.97. The maximum Gasteiger partial charge on any atom is 0.326 e. The summed E-state index contributed by atoms with van der Waals surface area (Å²) >= 11 is 0. The van der Waals surface area contributed by atoms with Crippen molar-refractivity contribution in [3.05, 3.63) is 29.8 Å². The van der Waals surface area contributed by atoms with Gasteiger partial charge in [-0.25, -0.2) is 4.79 Å². The first-order valence-electron chi connectivity index (χ1n) is 6.47. The Labute approximate surface area is 116 Å². The van der Waals surface area contributed by atoms with E-state index in [1.165, 1.54) is 4.90 Å². The quantitative estimate of drug-likeness (QED) is 0.849. The van der Waals surface area contributed by atoms with E-state index in [0.717, 1.165) is 0 Å². The van der Waals surface area contributed by atoms with E-state index < -0.39 is 24.0 Å². The van der Waals surface area contributed by atoms with Gasteiger partial charge in [0.05, 0.1) is 12.7 Å². The van der Waals surface area contributed by atoms with Crippen molar-refractivity contribution in [1.29, 1.82) is 0 Å². The molecule has 20 heavy (non-hydrogen) atoms. The van der Waals surface area contributed by atoms with Crippen molar-refractivity contribution in [2.24, 2.45) is 0 Å². The fourth-order valence-electron chi connectivity index (χ4n) is 2.30. The van der Waals surface area contributed by atoms with Gasteiger partial charge in [0.15, 0.2) is 0 Å². The topological polar surface area (TPSA) is 87.1 Å². The molecule has 108 valence electrons. The van der Waals surface area contributed by atoms with Gasteiger partial charge in [-0.1, -0.05) is 0 Å². The summed E-state index contributed by atoms with van der Waals surface area (Å²) in [5.74, 6) is -0.835. The molecule has 0 unspecified atom stereocenters. The summed E-state index contributed by atoms with van der Waals surface area (Å²) < 4.78 is 5.28. The number of rotatable bonds is 4. The highest BCUT2D eigenvalue weighted by atomic mass is 16.5. The van der Waals surface area contributed by atoms with Crippen molar-refractivity contribution in [1.82, 2.24) is 4.90 Å². The highest BCUT2D eigenvalue weighted by Crippen LogP contribution is 2.22. The number of aliphatic carboxylic acids is 1. The Morgan fingerprint density at radius 1 is 1.35 bits per heavy atom. The first kappa shape index (κ1) is 14.3. The molecule has 0 aromatic heterocycles. The molecule has 1 aromatic rings. The summed E-state index contributed by atoms with van der Waals surface area (Å²) in [4.78, 5) is 24.6. The number of likely N-dealkylation sites (tertiary alicyclic amines) is 1. The van der Waals surface area contributed by atoms with E-state index in [4.69, 9.17) is 9.84 Å². The van der Waals surface area contributed by atoms with Gasteiger partial charge in [-0.15, -0.1) is 0 Å². The van der Waals surface area contributed by atoms with Gasteiger partial charge in [0.2, 0.25) is 0 Å². The maximum atomic E-state index is 12.3. The van der Waals surface area contributed by atoms with Gasteiger partial charge < -0.3 is 19.8 Å². The molecule has 2 atom stereocenters. The molecular formula is C14H17NO5. The molecule has 1 aromatic carbocycles. The minimum absolute atomic E-state index is 0.0447. The van der Waals surface area contributed by atoms with Gasteiger partial charge in [-0.2, -0.15) is 0 Å². The molecule has 2 N–H and O–H groups in total. The zero-order valence-corrected chi connectivity index (χ0v) is 11.2. The largest absolute Gasteiger partial charge is 0.494 e. The zero-order chi connectivity index (χ0) is 14.7. The minimum atomic E-state index is -1.10. The van der Waals surface area contributed by atoms with Crippen LogP contribution in [0.3, 0.4) is 0 Å². The average Bonchev–Trinajstić information content (AvgIpc) is 2.81. The fourth-order valence-corrected chi connectivity index (χ4v) is 2.30. The first-order chi connectivity index (χ1) is 9.52. The van der Waals surface area contributed by atoms with Crippen molar-refractivity contribution in [2.45, 2.75) is 25.5 Å². The zero-order valence-electron chi connectivity index (χ0n) is 11.2. The standard InChI is InChI=1S/C14H17NO5/c1-2-20-11-5-3-9(4-6-11)13(17)15-8-10(16)7-12(15)14(18)19/h3-6,10,12,16H,2,7-8H2,1H3,(H,18,19)/t10-,12+/m1/s1. The number of nitrogens with zero attached hydrogens (tertiary/aromatic N) is 1. The number of aliphatic hydroxyl groups excluding tert-OH is 1. The molecule has 1 saturated heterocycles. The second-order valence-corrected chi connectivity index (χ2v) is 4.66. The van der Waals surface area contributed by atoms with Crippen molar-refractivity contribution in [3.63, 3.8) is 0 Å². The molecule has 1 heterocycles. The van der Waals surface area contributed by atoms with Crippen LogP contribution in [0.25, 0.3) is 0 Å². The molecule has 0 radical (unpaired) electrons. The van der Waals surface area contributed by atoms with Gasteiger partial charge in [0.1, 0.15) is 11.8 Å². The molecule has 0 bridgehead atoms. The lowest BCUT2D eigenvalue weighted by molar-refractivity contribution is -0.141. The van der Waals surface area contributed by atoms with Crippen LogP contribution in [0.1, 0.15) is 23.7 Å². The lowest BCUT2D eigenvalue weighted by Gasteiger charge is -2.21. The lowest BCUT2D eigenvalue weighted by atomic mass is 10.1. The normalized spacial score (nSPS) is 21.8. The maximum absolute atomic E-state index is 12.3. The summed E-state index contributed by atoms with van der Waals surface area (Å²) in [5.41, 5.74) is 0.383. The highest BCUT2D eigenvalue weighted by Gasteiger charge is 2.39. The third-order valence-electron chi connectivity index (χ3n) is 3.24. The molecule has 1 amide bonds. The van der Waals surface area contributed by atoms with Crippen LogP contribution < -0.4 is 4.74 Å². The predicted octanol–water partition coefficient (Wildman–Crippen LogP) is 0.745. The third kappa shape index (κ3) is 2.91. The lowest BCUT2D eigenvalue weighted by Crippen LogP contribution is -2.40. The summed E-state index contributed by atoms with van der Waals surface area (Å²) in [6.45, 7) is 2.44. The third-order valence-corrected chi connectivity index (χ3v) is 3.24. The molecule has 6 nitrogen and oxygen atoms in total. The summed E-state index contributed by atoms with van der Waals surface area (Å²) in [6.07, 6.45) is -0.722. The Balaban J connectivity index is 2.15. The average molecular weight is 279 g/mol. The van der Waals surface area contributed by atoms with Gasteiger partial charge in [0, 0.05) is 18.5 Å². The van der Waals surface area contributed by atoms with Gasteiger partial charge >= 0.3 is 5.97 Å². The number of carbonyl (C=O) groups excluding carboxylic acids is 1. The van der Waals surface area contributed by atoms with Gasteiger partial charge in [-0.3, -0.25) is 4.79 Å². The smallest absolute Gasteiger partial charge is 0.326 e. The van der Waals surface area contributed by atoms with Crippen LogP contribution in [0.2, 0.25) is 0 Å². The Bertz CT molecular complexity index is 499. The molecule has 0 spiro atoms. The van der Waals surface area contributed by atoms with E-state index in [1.54, 1.807) is 24.3 Å². The van der Waals surface area contributed by atoms with Crippen LogP contribution in [-0.2, 0) is 4.79 Å². The number of aliphatic hydroxyl groups is 1. The number of carbonyl (C=O) groups is 2. The first-order valence-corrected chi connectivity index (χ1v) is 6.47. The molecule has 1 aliphatic rings. The molecule has 2 rings (SSSR count). The van der Waals surface area contributed by atoms with Crippen LogP contribution in [0, 0.1) is 0 Å². The molecule has 0 saturated carbocycles. The number of β-amino-alcohol motifs (C(OH)–C–C–N with tert-alkyl or cyclic N) is 1. The Hall–Kier alpha value is -2.08. The van der Waals surface area contributed by atoms with E-state index in [2.05, 4.69) is 0 Å². The number of amides is 1. The van der Waals surface area contributed by atoms with Crippen LogP contribution in [0.5, 0.6) is 5.75 Å². The van der Waals surface area contributed by atoms with Crippen molar-refractivity contribution in [3.8, 4) is 5.75 Å². The van der Waals surface area contributed by atoms with Crippen molar-refractivity contribution >= 4 is 11.9 Å². The molecule has 6 heteroatoms. The second kappa shape index (κ2) is 5.92. The van der Waals surface area contributed by atoms with Gasteiger partial charge in [-0.05, 0) is 31.2 Å². The Kier molecular flexibility index (Phi) is 4.24. The number of carboxylic acid groups (broad SMARTS) is 1. The van der Waals surface area contributed by atoms with Crippen LogP contribution in [0.15, 0.2) is 24.3 Å². The predicted molar refractivity (Wildman–Crippen MR) is 70.7 cm³/mol. The summed E-state index contributed by atoms with van der Waals surface area (Å²) in [6, 6.07) is 5.55. The summed E-state index contributed by atoms with van der Waals surface area (Å²) in [5, 5.41) is 18.6. The Morgan fingerprint density at radius 3 is 2.55 bits per heavy atom. The van der Waals surface area contributed by atoms with E-state index in [9.17, 15) is 14.7 Å². The second-order valence-electron chi connectivity index (χ2n) is 4.66.